The number of benzene rings is 4. The summed E-state index contributed by atoms with van der Waals surface area (Å²) in [4.78, 5) is 37.7. The lowest BCUT2D eigenvalue weighted by atomic mass is 10.1. The molecule has 0 radical (unpaired) electrons. The average Bonchev–Trinajstić information content (AvgIpc) is 2.89. The Labute approximate surface area is 219 Å². The monoisotopic (exact) mass is 511 g/mol. The van der Waals surface area contributed by atoms with Crippen LogP contribution < -0.4 is 10.6 Å². The molecule has 8 heteroatoms. The number of hydrogen-bond donors (Lipinski definition) is 2. The van der Waals surface area contributed by atoms with Crippen molar-refractivity contribution >= 4 is 40.6 Å². The van der Waals surface area contributed by atoms with Crippen molar-refractivity contribution in [1.29, 1.82) is 0 Å². The molecule has 0 aliphatic carbocycles. The number of nitrogens with zero attached hydrogens (tertiary/aromatic N) is 1. The van der Waals surface area contributed by atoms with Gasteiger partial charge < -0.3 is 10.6 Å². The molecule has 0 bridgehead atoms. The Bertz CT molecular complexity index is 1460. The van der Waals surface area contributed by atoms with Crippen LogP contribution in [0.25, 0.3) is 0 Å². The Hall–Kier alpha value is -4.43. The summed E-state index contributed by atoms with van der Waals surface area (Å²) in [6.45, 7) is 3.71. The topological polar surface area (TPSA) is 101 Å². The minimum atomic E-state index is -0.636. The molecule has 37 heavy (non-hydrogen) atoms. The van der Waals surface area contributed by atoms with Crippen molar-refractivity contribution in [2.24, 2.45) is 0 Å². The quantitative estimate of drug-likeness (QED) is 0.152. The molecule has 1 atom stereocenters. The van der Waals surface area contributed by atoms with E-state index in [2.05, 4.69) is 10.6 Å². The molecule has 4 aromatic rings. The maximum Gasteiger partial charge on any atom is 0.271 e. The molecule has 0 spiro atoms. The number of nitro benzene ring substituents is 1. The molecule has 0 aliphatic heterocycles. The van der Waals surface area contributed by atoms with Crippen molar-refractivity contribution in [2.45, 2.75) is 24.0 Å². The predicted octanol–water partition coefficient (Wildman–Crippen LogP) is 6.94. The highest BCUT2D eigenvalue weighted by atomic mass is 32.2. The summed E-state index contributed by atoms with van der Waals surface area (Å²) in [5, 5.41) is 16.4. The highest BCUT2D eigenvalue weighted by Gasteiger charge is 2.23. The SMILES string of the molecule is Cc1cccc(C(=O)Nc2cccc(SC(C(=O)Nc3cc([N+](=O)[O-])ccc3C)c3ccccc3)c2)c1. The summed E-state index contributed by atoms with van der Waals surface area (Å²) in [5.74, 6) is -0.529. The third-order valence-corrected chi connectivity index (χ3v) is 6.90. The van der Waals surface area contributed by atoms with Crippen molar-refractivity contribution in [3.63, 3.8) is 0 Å². The van der Waals surface area contributed by atoms with Crippen molar-refractivity contribution in [1.82, 2.24) is 0 Å². The van der Waals surface area contributed by atoms with Crippen molar-refractivity contribution < 1.29 is 14.5 Å². The zero-order valence-corrected chi connectivity index (χ0v) is 21.1. The second-order valence-electron chi connectivity index (χ2n) is 8.51. The number of hydrogen-bond acceptors (Lipinski definition) is 5. The van der Waals surface area contributed by atoms with Gasteiger partial charge in [-0.1, -0.05) is 60.2 Å². The molecule has 0 saturated heterocycles. The number of nitrogens with one attached hydrogen (secondary N) is 2. The number of rotatable bonds is 8. The van der Waals surface area contributed by atoms with Crippen LogP contribution in [0.1, 0.15) is 32.3 Å². The van der Waals surface area contributed by atoms with Crippen LogP contribution in [0.3, 0.4) is 0 Å². The summed E-state index contributed by atoms with van der Waals surface area (Å²) in [7, 11) is 0. The Morgan fingerprint density at radius 1 is 0.838 bits per heavy atom. The fourth-order valence-corrected chi connectivity index (χ4v) is 4.81. The first kappa shape index (κ1) is 25.7. The maximum absolute atomic E-state index is 13.5. The lowest BCUT2D eigenvalue weighted by molar-refractivity contribution is -0.384. The number of carbonyl (C=O) groups is 2. The lowest BCUT2D eigenvalue weighted by Crippen LogP contribution is -2.19. The smallest absolute Gasteiger partial charge is 0.271 e. The van der Waals surface area contributed by atoms with Crippen molar-refractivity contribution in [3.05, 3.63) is 129 Å². The minimum absolute atomic E-state index is 0.0955. The maximum atomic E-state index is 13.5. The van der Waals surface area contributed by atoms with E-state index < -0.39 is 10.2 Å². The molecule has 2 amide bonds. The molecule has 1 unspecified atom stereocenters. The van der Waals surface area contributed by atoms with Crippen LogP contribution in [0, 0.1) is 24.0 Å². The first-order chi connectivity index (χ1) is 17.8. The third kappa shape index (κ3) is 6.62. The van der Waals surface area contributed by atoms with Gasteiger partial charge in [0.05, 0.1) is 10.6 Å². The Morgan fingerprint density at radius 3 is 2.32 bits per heavy atom. The van der Waals surface area contributed by atoms with E-state index >= 15 is 0 Å². The van der Waals surface area contributed by atoms with Gasteiger partial charge >= 0.3 is 0 Å². The molecular formula is C29H25N3O4S. The fraction of sp³-hybridized carbons (Fsp3) is 0.103. The average molecular weight is 512 g/mol. The number of carbonyl (C=O) groups excluding carboxylic acids is 2. The van der Waals surface area contributed by atoms with Gasteiger partial charge in [0.25, 0.3) is 11.6 Å². The van der Waals surface area contributed by atoms with Crippen LogP contribution in [-0.2, 0) is 4.79 Å². The number of nitro groups is 1. The molecule has 7 nitrogen and oxygen atoms in total. The summed E-state index contributed by atoms with van der Waals surface area (Å²) >= 11 is 1.33. The first-order valence-electron chi connectivity index (χ1n) is 11.6. The van der Waals surface area contributed by atoms with Crippen molar-refractivity contribution in [2.75, 3.05) is 10.6 Å². The highest BCUT2D eigenvalue weighted by Crippen LogP contribution is 2.37. The minimum Gasteiger partial charge on any atom is -0.324 e. The van der Waals surface area contributed by atoms with E-state index in [4.69, 9.17) is 0 Å². The van der Waals surface area contributed by atoms with E-state index in [0.29, 0.717) is 16.9 Å². The number of aryl methyl sites for hydroxylation is 2. The largest absolute Gasteiger partial charge is 0.324 e. The molecule has 0 aromatic heterocycles. The second kappa shape index (κ2) is 11.5. The van der Waals surface area contributed by atoms with Crippen LogP contribution in [0.2, 0.25) is 0 Å². The lowest BCUT2D eigenvalue weighted by Gasteiger charge is -2.18. The van der Waals surface area contributed by atoms with Gasteiger partial charge in [0.1, 0.15) is 5.25 Å². The fourth-order valence-electron chi connectivity index (χ4n) is 3.73. The van der Waals surface area contributed by atoms with Gasteiger partial charge in [0.15, 0.2) is 0 Å². The van der Waals surface area contributed by atoms with E-state index in [1.807, 2.05) is 73.7 Å². The van der Waals surface area contributed by atoms with Crippen LogP contribution in [0.4, 0.5) is 17.1 Å². The molecule has 4 aromatic carbocycles. The standard InChI is InChI=1S/C29H25N3O4S/c1-19-8-6-11-22(16-19)28(33)30-23-12-7-13-25(17-23)37-27(21-9-4-3-5-10-21)29(34)31-26-18-24(32(35)36)15-14-20(26)2/h3-18,27H,1-2H3,(H,30,33)(H,31,34). The van der Waals surface area contributed by atoms with Gasteiger partial charge in [0.2, 0.25) is 5.91 Å². The number of amides is 2. The van der Waals surface area contributed by atoms with Crippen LogP contribution in [-0.4, -0.2) is 16.7 Å². The van der Waals surface area contributed by atoms with E-state index in [1.54, 1.807) is 25.1 Å². The summed E-state index contributed by atoms with van der Waals surface area (Å²) in [5.41, 5.74) is 3.96. The van der Waals surface area contributed by atoms with Crippen LogP contribution >= 0.6 is 11.8 Å². The third-order valence-electron chi connectivity index (χ3n) is 5.66. The molecule has 0 saturated carbocycles. The molecule has 2 N–H and O–H groups in total. The Kier molecular flexibility index (Phi) is 8.00. The van der Waals surface area contributed by atoms with Gasteiger partial charge in [-0.05, 0) is 55.3 Å². The van der Waals surface area contributed by atoms with E-state index in [-0.39, 0.29) is 17.5 Å². The molecule has 0 fully saturated rings. The van der Waals surface area contributed by atoms with Gasteiger partial charge in [-0.2, -0.15) is 0 Å². The molecular weight excluding hydrogens is 486 g/mol. The first-order valence-corrected chi connectivity index (χ1v) is 12.4. The number of non-ortho nitro benzene ring substituents is 1. The van der Waals surface area contributed by atoms with E-state index in [0.717, 1.165) is 21.6 Å². The summed E-state index contributed by atoms with van der Waals surface area (Å²) in [6, 6.07) is 28.3. The number of thioether (sulfide) groups is 1. The summed E-state index contributed by atoms with van der Waals surface area (Å²) < 4.78 is 0. The van der Waals surface area contributed by atoms with Crippen LogP contribution in [0.15, 0.2) is 102 Å². The van der Waals surface area contributed by atoms with Gasteiger partial charge in [0, 0.05) is 28.3 Å². The zero-order chi connectivity index (χ0) is 26.4. The van der Waals surface area contributed by atoms with E-state index in [9.17, 15) is 19.7 Å². The van der Waals surface area contributed by atoms with Gasteiger partial charge in [-0.25, -0.2) is 0 Å². The summed E-state index contributed by atoms with van der Waals surface area (Å²) in [6.07, 6.45) is 0. The zero-order valence-electron chi connectivity index (χ0n) is 20.3. The normalized spacial score (nSPS) is 11.4. The highest BCUT2D eigenvalue weighted by molar-refractivity contribution is 8.00. The van der Waals surface area contributed by atoms with E-state index in [1.165, 1.54) is 23.9 Å². The molecule has 0 heterocycles. The molecule has 4 rings (SSSR count). The molecule has 186 valence electrons. The van der Waals surface area contributed by atoms with Gasteiger partial charge in [-0.3, -0.25) is 19.7 Å². The van der Waals surface area contributed by atoms with Gasteiger partial charge in [-0.15, -0.1) is 11.8 Å². The van der Waals surface area contributed by atoms with Crippen LogP contribution in [0.5, 0.6) is 0 Å². The number of anilines is 2. The predicted molar refractivity (Wildman–Crippen MR) is 147 cm³/mol. The Balaban J connectivity index is 1.57. The Morgan fingerprint density at radius 2 is 1.59 bits per heavy atom. The molecule has 0 aliphatic rings. The second-order valence-corrected chi connectivity index (χ2v) is 9.68. The van der Waals surface area contributed by atoms with Crippen molar-refractivity contribution in [3.8, 4) is 0 Å².